The highest BCUT2D eigenvalue weighted by molar-refractivity contribution is 5.96. The van der Waals surface area contributed by atoms with Gasteiger partial charge in [-0.25, -0.2) is 9.97 Å². The molecule has 0 N–H and O–H groups in total. The number of carbonyl (C=O) groups excluding carboxylic acids is 1. The van der Waals surface area contributed by atoms with E-state index in [-0.39, 0.29) is 12.2 Å². The van der Waals surface area contributed by atoms with E-state index in [4.69, 9.17) is 0 Å². The smallest absolute Gasteiger partial charge is 0.251 e. The van der Waals surface area contributed by atoms with Crippen molar-refractivity contribution in [1.29, 1.82) is 0 Å². The molecule has 0 radical (unpaired) electrons. The van der Waals surface area contributed by atoms with Crippen molar-refractivity contribution in [2.45, 2.75) is 19.3 Å². The lowest BCUT2D eigenvalue weighted by Crippen LogP contribution is -2.65. The van der Waals surface area contributed by atoms with Crippen LogP contribution >= 0.6 is 0 Å². The number of piperazine rings is 1. The molecular formula is C16H24N6O. The van der Waals surface area contributed by atoms with Crippen molar-refractivity contribution in [3.8, 4) is 0 Å². The average molecular weight is 316 g/mol. The Balaban J connectivity index is 1.92. The van der Waals surface area contributed by atoms with Gasteiger partial charge in [0, 0.05) is 52.0 Å². The molecule has 23 heavy (non-hydrogen) atoms. The molecule has 7 nitrogen and oxygen atoms in total. The molecule has 2 atom stereocenters. The van der Waals surface area contributed by atoms with Crippen LogP contribution in [-0.4, -0.2) is 88.6 Å². The van der Waals surface area contributed by atoms with Crippen LogP contribution in [0.15, 0.2) is 24.7 Å². The number of likely N-dealkylation sites (N-methyl/N-ethyl adjacent to an activating group) is 2. The molecular weight excluding hydrogens is 292 g/mol. The van der Waals surface area contributed by atoms with E-state index in [1.165, 1.54) is 6.33 Å². The van der Waals surface area contributed by atoms with E-state index in [1.807, 2.05) is 20.2 Å². The molecule has 7 heteroatoms. The molecule has 0 spiro atoms. The molecule has 0 saturated carbocycles. The summed E-state index contributed by atoms with van der Waals surface area (Å²) in [5.41, 5.74) is 1.61. The van der Waals surface area contributed by atoms with Gasteiger partial charge in [-0.05, 0) is 20.0 Å². The number of hydrogen-bond acceptors (Lipinski definition) is 6. The minimum atomic E-state index is -0.0961. The summed E-state index contributed by atoms with van der Waals surface area (Å²) in [6.45, 7) is 5.15. The number of carbonyl (C=O) groups is 1. The molecule has 2 aliphatic heterocycles. The summed E-state index contributed by atoms with van der Waals surface area (Å²) in [5.74, 6) is 0.00726. The second-order valence-electron chi connectivity index (χ2n) is 6.38. The van der Waals surface area contributed by atoms with E-state index in [9.17, 15) is 4.79 Å². The number of amides is 1. The second kappa shape index (κ2) is 6.25. The normalized spacial score (nSPS) is 27.3. The lowest BCUT2D eigenvalue weighted by Gasteiger charge is -2.51. The highest BCUT2D eigenvalue weighted by atomic mass is 16.2. The van der Waals surface area contributed by atoms with Crippen LogP contribution in [0.5, 0.6) is 0 Å². The zero-order valence-electron chi connectivity index (χ0n) is 14.2. The molecule has 1 unspecified atom stereocenters. The highest BCUT2D eigenvalue weighted by Crippen LogP contribution is 2.28. The molecule has 3 heterocycles. The summed E-state index contributed by atoms with van der Waals surface area (Å²) in [7, 11) is 6.02. The summed E-state index contributed by atoms with van der Waals surface area (Å²) in [4.78, 5) is 29.4. The summed E-state index contributed by atoms with van der Waals surface area (Å²) in [6.07, 6.45) is 4.77. The molecule has 1 aromatic rings. The van der Waals surface area contributed by atoms with Gasteiger partial charge in [-0.2, -0.15) is 0 Å². The van der Waals surface area contributed by atoms with Crippen molar-refractivity contribution in [2.24, 2.45) is 0 Å². The maximum atomic E-state index is 12.5. The average Bonchev–Trinajstić information content (AvgIpc) is 2.54. The molecule has 1 saturated heterocycles. The SMILES string of the molecule is C[C@@H]1CN(C)CCN1C1N(C)C(=O)C=C(c2ccncn2)N1C. The van der Waals surface area contributed by atoms with Gasteiger partial charge in [0.05, 0.1) is 11.4 Å². The lowest BCUT2D eigenvalue weighted by atomic mass is 10.1. The first kappa shape index (κ1) is 15.9. The van der Waals surface area contributed by atoms with Crippen molar-refractivity contribution in [3.63, 3.8) is 0 Å². The van der Waals surface area contributed by atoms with E-state index in [0.29, 0.717) is 6.04 Å². The Labute approximate surface area is 137 Å². The van der Waals surface area contributed by atoms with Crippen molar-refractivity contribution < 1.29 is 4.79 Å². The van der Waals surface area contributed by atoms with E-state index in [2.05, 4.69) is 38.6 Å². The number of nitrogens with zero attached hydrogens (tertiary/aromatic N) is 6. The highest BCUT2D eigenvalue weighted by Gasteiger charge is 2.38. The zero-order chi connectivity index (χ0) is 16.6. The number of aromatic nitrogens is 2. The Morgan fingerprint density at radius 2 is 1.96 bits per heavy atom. The monoisotopic (exact) mass is 316 g/mol. The summed E-state index contributed by atoms with van der Waals surface area (Å²) >= 11 is 0. The molecule has 1 fully saturated rings. The Bertz CT molecular complexity index is 604. The van der Waals surface area contributed by atoms with Gasteiger partial charge in [0.25, 0.3) is 5.91 Å². The Kier molecular flexibility index (Phi) is 4.32. The second-order valence-corrected chi connectivity index (χ2v) is 6.38. The van der Waals surface area contributed by atoms with Gasteiger partial charge in [0.1, 0.15) is 6.33 Å². The van der Waals surface area contributed by atoms with Crippen molar-refractivity contribution in [2.75, 3.05) is 40.8 Å². The maximum absolute atomic E-state index is 12.5. The molecule has 2 aliphatic rings. The van der Waals surface area contributed by atoms with Crippen molar-refractivity contribution >= 4 is 11.6 Å². The third kappa shape index (κ3) is 2.94. The van der Waals surface area contributed by atoms with Crippen LogP contribution in [0.1, 0.15) is 12.6 Å². The van der Waals surface area contributed by atoms with Crippen molar-refractivity contribution in [3.05, 3.63) is 30.4 Å². The molecule has 0 aromatic carbocycles. The number of hydrogen-bond donors (Lipinski definition) is 0. The van der Waals surface area contributed by atoms with Gasteiger partial charge in [0.15, 0.2) is 6.29 Å². The standard InChI is InChI=1S/C16H24N6O/c1-12-10-19(2)7-8-22(12)16-20(3)14(9-15(23)21(16)4)13-5-6-17-11-18-13/h5-6,9,11-12,16H,7-8,10H2,1-4H3/t12-,16?/m1/s1. The summed E-state index contributed by atoms with van der Waals surface area (Å²) < 4.78 is 0. The molecule has 0 aliphatic carbocycles. The molecule has 0 bridgehead atoms. The van der Waals surface area contributed by atoms with Crippen LogP contribution in [0.4, 0.5) is 0 Å². The first-order valence-corrected chi connectivity index (χ1v) is 7.91. The fourth-order valence-electron chi connectivity index (χ4n) is 3.46. The maximum Gasteiger partial charge on any atom is 0.251 e. The molecule has 1 amide bonds. The van der Waals surface area contributed by atoms with Crippen molar-refractivity contribution in [1.82, 2.24) is 29.6 Å². The van der Waals surface area contributed by atoms with Crippen LogP contribution < -0.4 is 0 Å². The molecule has 3 rings (SSSR count). The number of rotatable bonds is 2. The van der Waals surface area contributed by atoms with E-state index >= 15 is 0 Å². The zero-order valence-corrected chi connectivity index (χ0v) is 14.2. The molecule has 1 aromatic heterocycles. The van der Waals surface area contributed by atoms with Crippen LogP contribution in [-0.2, 0) is 4.79 Å². The van der Waals surface area contributed by atoms with E-state index in [0.717, 1.165) is 31.0 Å². The first-order valence-electron chi connectivity index (χ1n) is 7.91. The van der Waals surface area contributed by atoms with Gasteiger partial charge in [-0.3, -0.25) is 9.69 Å². The van der Waals surface area contributed by atoms with Crippen LogP contribution in [0.3, 0.4) is 0 Å². The van der Waals surface area contributed by atoms with Crippen LogP contribution in [0, 0.1) is 0 Å². The minimum absolute atomic E-state index is 0.00726. The Morgan fingerprint density at radius 3 is 2.61 bits per heavy atom. The van der Waals surface area contributed by atoms with Gasteiger partial charge in [0.2, 0.25) is 0 Å². The van der Waals surface area contributed by atoms with E-state index < -0.39 is 0 Å². The van der Waals surface area contributed by atoms with Crippen LogP contribution in [0.25, 0.3) is 5.70 Å². The minimum Gasteiger partial charge on any atom is -0.340 e. The fraction of sp³-hybridized carbons (Fsp3) is 0.562. The van der Waals surface area contributed by atoms with Crippen LogP contribution in [0.2, 0.25) is 0 Å². The van der Waals surface area contributed by atoms with Gasteiger partial charge >= 0.3 is 0 Å². The fourth-order valence-corrected chi connectivity index (χ4v) is 3.46. The Hall–Kier alpha value is -1.99. The quantitative estimate of drug-likeness (QED) is 0.774. The largest absolute Gasteiger partial charge is 0.340 e. The summed E-state index contributed by atoms with van der Waals surface area (Å²) in [6, 6.07) is 2.21. The topological polar surface area (TPSA) is 55.8 Å². The van der Waals surface area contributed by atoms with Gasteiger partial charge < -0.3 is 14.7 Å². The van der Waals surface area contributed by atoms with Gasteiger partial charge in [-0.15, -0.1) is 0 Å². The third-order valence-electron chi connectivity index (χ3n) is 4.70. The predicted octanol–water partition coefficient (Wildman–Crippen LogP) is 0.141. The lowest BCUT2D eigenvalue weighted by molar-refractivity contribution is -0.142. The first-order chi connectivity index (χ1) is 11.0. The molecule has 124 valence electrons. The Morgan fingerprint density at radius 1 is 1.17 bits per heavy atom. The summed E-state index contributed by atoms with van der Waals surface area (Å²) in [5, 5.41) is 0. The van der Waals surface area contributed by atoms with E-state index in [1.54, 1.807) is 17.2 Å². The van der Waals surface area contributed by atoms with Gasteiger partial charge in [-0.1, -0.05) is 0 Å². The predicted molar refractivity (Wildman–Crippen MR) is 88.0 cm³/mol. The third-order valence-corrected chi connectivity index (χ3v) is 4.70.